The van der Waals surface area contributed by atoms with Crippen LogP contribution in [0.5, 0.6) is 0 Å². The van der Waals surface area contributed by atoms with Gasteiger partial charge in [0, 0.05) is 23.3 Å². The number of hydrogen-bond acceptors (Lipinski definition) is 6. The minimum atomic E-state index is -1.04. The molecule has 1 fully saturated rings. The molecule has 1 aromatic carbocycles. The molecular weight excluding hydrogens is 418 g/mol. The molecule has 1 unspecified atom stereocenters. The van der Waals surface area contributed by atoms with Crippen LogP contribution in [0, 0.1) is 18.3 Å². The van der Waals surface area contributed by atoms with Gasteiger partial charge in [-0.05, 0) is 69.7 Å². The van der Waals surface area contributed by atoms with Gasteiger partial charge in [-0.2, -0.15) is 5.26 Å². The van der Waals surface area contributed by atoms with Gasteiger partial charge in [0.2, 0.25) is 0 Å². The zero-order chi connectivity index (χ0) is 23.5. The van der Waals surface area contributed by atoms with E-state index in [-0.39, 0.29) is 0 Å². The number of pyridine rings is 1. The average Bonchev–Trinajstić information content (AvgIpc) is 3.35. The Bertz CT molecular complexity index is 1450. The predicted molar refractivity (Wildman–Crippen MR) is 123 cm³/mol. The Kier molecular flexibility index (Phi) is 4.76. The zero-order valence-corrected chi connectivity index (χ0v) is 19.0. The Morgan fingerprint density at radius 1 is 1.36 bits per heavy atom. The van der Waals surface area contributed by atoms with Crippen LogP contribution in [0.4, 0.5) is 4.79 Å². The summed E-state index contributed by atoms with van der Waals surface area (Å²) in [5.41, 5.74) is 4.27. The van der Waals surface area contributed by atoms with Gasteiger partial charge in [0.1, 0.15) is 29.1 Å². The van der Waals surface area contributed by atoms with Crippen molar-refractivity contribution in [1.29, 1.82) is 5.26 Å². The predicted octanol–water partition coefficient (Wildman–Crippen LogP) is 4.84. The van der Waals surface area contributed by atoms with Crippen LogP contribution in [0.1, 0.15) is 73.7 Å². The molecule has 0 bridgehead atoms. The molecule has 1 aliphatic rings. The van der Waals surface area contributed by atoms with Crippen molar-refractivity contribution in [2.45, 2.75) is 58.2 Å². The summed E-state index contributed by atoms with van der Waals surface area (Å²) in [5.74, 6) is 0.722. The van der Waals surface area contributed by atoms with Gasteiger partial charge in [-0.3, -0.25) is 4.57 Å². The van der Waals surface area contributed by atoms with E-state index < -0.39 is 17.8 Å². The Morgan fingerprint density at radius 2 is 2.12 bits per heavy atom. The Balaban J connectivity index is 1.67. The fraction of sp³-hybridized carbons (Fsp3) is 0.360. The number of carbonyl (C=O) groups is 1. The first-order valence-corrected chi connectivity index (χ1v) is 11.0. The van der Waals surface area contributed by atoms with Crippen molar-refractivity contribution in [3.8, 4) is 6.07 Å². The first-order chi connectivity index (χ1) is 15.7. The molecule has 8 nitrogen and oxygen atoms in total. The maximum absolute atomic E-state index is 12.9. The summed E-state index contributed by atoms with van der Waals surface area (Å²) in [7, 11) is 0. The van der Waals surface area contributed by atoms with Gasteiger partial charge in [0.05, 0.1) is 11.1 Å². The number of nitriles is 1. The van der Waals surface area contributed by atoms with E-state index in [1.165, 1.54) is 10.8 Å². The first kappa shape index (κ1) is 21.2. The fourth-order valence-corrected chi connectivity index (χ4v) is 4.33. The van der Waals surface area contributed by atoms with Crippen molar-refractivity contribution in [3.05, 3.63) is 58.7 Å². The van der Waals surface area contributed by atoms with Gasteiger partial charge >= 0.3 is 6.09 Å². The quantitative estimate of drug-likeness (QED) is 0.468. The number of aromatic amines is 1. The van der Waals surface area contributed by atoms with Gasteiger partial charge < -0.3 is 14.8 Å². The van der Waals surface area contributed by atoms with E-state index in [0.29, 0.717) is 34.0 Å². The summed E-state index contributed by atoms with van der Waals surface area (Å²) in [6.45, 7) is 7.46. The molecule has 168 valence electrons. The molecule has 2 N–H and O–H groups in total. The number of nitrogens with one attached hydrogen (secondary N) is 1. The Morgan fingerprint density at radius 3 is 2.79 bits per heavy atom. The molecule has 0 radical (unpaired) electrons. The molecule has 1 atom stereocenters. The molecule has 8 heteroatoms. The summed E-state index contributed by atoms with van der Waals surface area (Å²) in [6, 6.07) is 7.61. The van der Waals surface area contributed by atoms with E-state index in [4.69, 9.17) is 10.00 Å². The number of H-pyrrole nitrogens is 1. The van der Waals surface area contributed by atoms with Crippen LogP contribution < -0.4 is 0 Å². The van der Waals surface area contributed by atoms with E-state index in [9.17, 15) is 9.90 Å². The van der Waals surface area contributed by atoms with Crippen molar-refractivity contribution < 1.29 is 14.6 Å². The molecule has 3 aromatic heterocycles. The lowest BCUT2D eigenvalue weighted by Crippen LogP contribution is -2.26. The highest BCUT2D eigenvalue weighted by Crippen LogP contribution is 2.47. The molecule has 4 aromatic rings. The van der Waals surface area contributed by atoms with Gasteiger partial charge in [-0.1, -0.05) is 6.07 Å². The molecular formula is C25H25N5O3. The largest absolute Gasteiger partial charge is 0.443 e. The molecule has 0 saturated heterocycles. The highest BCUT2D eigenvalue weighted by atomic mass is 16.6. The number of benzene rings is 1. The summed E-state index contributed by atoms with van der Waals surface area (Å²) in [6.07, 6.45) is 3.78. The standard InChI is InChI=1S/C25H25N5O3/c1-13-9-17(15-5-6-15)19(16-7-8-30(20(13)16)24(32)33-25(2,3)4)21(31)23-28-18-10-14(11-26)12-27-22(18)29-23/h7-10,12,15,21,31H,5-6H2,1-4H3,(H,27,28,29). The molecule has 1 aliphatic carbocycles. The molecule has 0 aliphatic heterocycles. The third-order valence-corrected chi connectivity index (χ3v) is 5.86. The van der Waals surface area contributed by atoms with E-state index in [1.54, 1.807) is 12.3 Å². The SMILES string of the molecule is Cc1cc(C2CC2)c(C(O)c2nc3cc(C#N)cnc3[nH]2)c2ccn(C(=O)OC(C)(C)C)c12. The third kappa shape index (κ3) is 3.74. The molecule has 1 saturated carbocycles. The van der Waals surface area contributed by atoms with E-state index in [0.717, 1.165) is 34.9 Å². The number of aryl methyl sites for hydroxylation is 1. The van der Waals surface area contributed by atoms with Gasteiger partial charge in [0.15, 0.2) is 5.65 Å². The number of aromatic nitrogens is 4. The van der Waals surface area contributed by atoms with Gasteiger partial charge in [0.25, 0.3) is 0 Å². The number of nitrogens with zero attached hydrogens (tertiary/aromatic N) is 4. The maximum atomic E-state index is 12.9. The minimum Gasteiger partial charge on any atom is -0.443 e. The molecule has 5 rings (SSSR count). The highest BCUT2D eigenvalue weighted by molar-refractivity contribution is 5.95. The Hall–Kier alpha value is -3.70. The van der Waals surface area contributed by atoms with Crippen LogP contribution in [0.2, 0.25) is 0 Å². The van der Waals surface area contributed by atoms with Crippen LogP contribution in [0.15, 0.2) is 30.6 Å². The monoisotopic (exact) mass is 443 g/mol. The number of aliphatic hydroxyl groups excluding tert-OH is 1. The smallest absolute Gasteiger partial charge is 0.419 e. The first-order valence-electron chi connectivity index (χ1n) is 11.0. The molecule has 33 heavy (non-hydrogen) atoms. The number of rotatable bonds is 3. The Labute approximate surface area is 190 Å². The second-order valence-corrected chi connectivity index (χ2v) is 9.63. The number of fused-ring (bicyclic) bond motifs is 2. The normalized spacial score (nSPS) is 15.0. The summed E-state index contributed by atoms with van der Waals surface area (Å²) < 4.78 is 7.09. The van der Waals surface area contributed by atoms with Crippen molar-refractivity contribution in [2.75, 3.05) is 0 Å². The second-order valence-electron chi connectivity index (χ2n) is 9.63. The number of aliphatic hydroxyl groups is 1. The van der Waals surface area contributed by atoms with Crippen LogP contribution >= 0.6 is 0 Å². The van der Waals surface area contributed by atoms with Crippen molar-refractivity contribution in [1.82, 2.24) is 19.5 Å². The third-order valence-electron chi connectivity index (χ3n) is 5.86. The van der Waals surface area contributed by atoms with Crippen molar-refractivity contribution >= 4 is 28.2 Å². The molecule has 0 spiro atoms. The van der Waals surface area contributed by atoms with Gasteiger partial charge in [-0.15, -0.1) is 0 Å². The van der Waals surface area contributed by atoms with Crippen LogP contribution in [0.3, 0.4) is 0 Å². The van der Waals surface area contributed by atoms with Crippen molar-refractivity contribution in [3.63, 3.8) is 0 Å². The van der Waals surface area contributed by atoms with Crippen LogP contribution in [0.25, 0.3) is 22.1 Å². The molecule has 3 heterocycles. The summed E-state index contributed by atoms with van der Waals surface area (Å²) in [4.78, 5) is 24.7. The number of imidazole rings is 1. The second kappa shape index (κ2) is 7.42. The molecule has 0 amide bonds. The zero-order valence-electron chi connectivity index (χ0n) is 19.0. The fourth-order valence-electron chi connectivity index (χ4n) is 4.33. The summed E-state index contributed by atoms with van der Waals surface area (Å²) in [5, 5.41) is 21.4. The van der Waals surface area contributed by atoms with Crippen LogP contribution in [-0.2, 0) is 4.74 Å². The van der Waals surface area contributed by atoms with Gasteiger partial charge in [-0.25, -0.2) is 14.8 Å². The number of ether oxygens (including phenoxy) is 1. The van der Waals surface area contributed by atoms with Crippen LogP contribution in [-0.4, -0.2) is 36.3 Å². The number of carbonyl (C=O) groups excluding carboxylic acids is 1. The lowest BCUT2D eigenvalue weighted by molar-refractivity contribution is 0.0544. The van der Waals surface area contributed by atoms with E-state index >= 15 is 0 Å². The highest BCUT2D eigenvalue weighted by Gasteiger charge is 2.33. The topological polar surface area (TPSA) is 117 Å². The minimum absolute atomic E-state index is 0.352. The average molecular weight is 444 g/mol. The maximum Gasteiger partial charge on any atom is 0.419 e. The van der Waals surface area contributed by atoms with E-state index in [2.05, 4.69) is 27.1 Å². The lowest BCUT2D eigenvalue weighted by Gasteiger charge is -2.21. The van der Waals surface area contributed by atoms with Crippen molar-refractivity contribution in [2.24, 2.45) is 0 Å². The van der Waals surface area contributed by atoms with E-state index in [1.807, 2.05) is 33.8 Å². The summed E-state index contributed by atoms with van der Waals surface area (Å²) >= 11 is 0. The lowest BCUT2D eigenvalue weighted by atomic mass is 9.92. The number of hydrogen-bond donors (Lipinski definition) is 2.